The molecule has 1 aliphatic carbocycles. The highest BCUT2D eigenvalue weighted by Crippen LogP contribution is 2.51. The second kappa shape index (κ2) is 8.30. The molecule has 0 unspecified atom stereocenters. The fourth-order valence-corrected chi connectivity index (χ4v) is 5.08. The van der Waals surface area contributed by atoms with E-state index in [0.717, 1.165) is 63.4 Å². The molecule has 0 aromatic carbocycles. The lowest BCUT2D eigenvalue weighted by Gasteiger charge is -2.59. The van der Waals surface area contributed by atoms with Crippen molar-refractivity contribution in [3.8, 4) is 0 Å². The van der Waals surface area contributed by atoms with E-state index in [0.29, 0.717) is 12.0 Å². The SMILES string of the molecule is COC(=O)CCNC(=O)C1CC2(C1)CN(CCc1cc3c(nc1C)NCCC3)C2. The van der Waals surface area contributed by atoms with Gasteiger partial charge in [-0.3, -0.25) is 9.59 Å². The number of rotatable bonds is 7. The number of amides is 1. The van der Waals surface area contributed by atoms with E-state index in [1.165, 1.54) is 24.7 Å². The topological polar surface area (TPSA) is 83.6 Å². The number of anilines is 1. The summed E-state index contributed by atoms with van der Waals surface area (Å²) in [5.74, 6) is 0.980. The molecule has 158 valence electrons. The molecule has 2 N–H and O–H groups in total. The van der Waals surface area contributed by atoms with Crippen LogP contribution in [0.4, 0.5) is 5.82 Å². The third-order valence-electron chi connectivity index (χ3n) is 6.71. The Kier molecular flexibility index (Phi) is 5.76. The summed E-state index contributed by atoms with van der Waals surface area (Å²) in [7, 11) is 1.36. The minimum absolute atomic E-state index is 0.0855. The molecule has 4 rings (SSSR count). The number of hydrogen-bond donors (Lipinski definition) is 2. The van der Waals surface area contributed by atoms with Crippen LogP contribution in [-0.2, 0) is 27.2 Å². The third kappa shape index (κ3) is 4.39. The molecule has 1 amide bonds. The number of aryl methyl sites for hydroxylation is 2. The van der Waals surface area contributed by atoms with Gasteiger partial charge in [-0.15, -0.1) is 0 Å². The molecule has 3 heterocycles. The van der Waals surface area contributed by atoms with E-state index in [1.54, 1.807) is 0 Å². The second-order valence-electron chi connectivity index (χ2n) is 8.95. The highest BCUT2D eigenvalue weighted by atomic mass is 16.5. The van der Waals surface area contributed by atoms with Gasteiger partial charge >= 0.3 is 5.97 Å². The smallest absolute Gasteiger partial charge is 0.307 e. The van der Waals surface area contributed by atoms with Crippen LogP contribution in [0.3, 0.4) is 0 Å². The summed E-state index contributed by atoms with van der Waals surface area (Å²) in [5.41, 5.74) is 4.21. The van der Waals surface area contributed by atoms with E-state index in [4.69, 9.17) is 4.98 Å². The number of nitrogens with one attached hydrogen (secondary N) is 2. The lowest BCUT2D eigenvalue weighted by molar-refractivity contribution is -0.144. The van der Waals surface area contributed by atoms with Crippen LogP contribution in [0.25, 0.3) is 0 Å². The van der Waals surface area contributed by atoms with Gasteiger partial charge in [0.1, 0.15) is 5.82 Å². The maximum absolute atomic E-state index is 12.2. The maximum Gasteiger partial charge on any atom is 0.307 e. The molecule has 3 aliphatic rings. The zero-order valence-electron chi connectivity index (χ0n) is 17.6. The van der Waals surface area contributed by atoms with E-state index in [-0.39, 0.29) is 24.2 Å². The lowest BCUT2D eigenvalue weighted by atomic mass is 9.57. The number of esters is 1. The van der Waals surface area contributed by atoms with Crippen molar-refractivity contribution in [2.75, 3.05) is 45.2 Å². The van der Waals surface area contributed by atoms with Crippen molar-refractivity contribution in [3.05, 3.63) is 22.9 Å². The van der Waals surface area contributed by atoms with Gasteiger partial charge in [0.05, 0.1) is 13.5 Å². The van der Waals surface area contributed by atoms with Gasteiger partial charge in [0.25, 0.3) is 0 Å². The van der Waals surface area contributed by atoms with E-state index in [1.807, 2.05) is 0 Å². The second-order valence-corrected chi connectivity index (χ2v) is 8.95. The van der Waals surface area contributed by atoms with Crippen LogP contribution >= 0.6 is 0 Å². The van der Waals surface area contributed by atoms with Gasteiger partial charge < -0.3 is 20.3 Å². The molecule has 0 atom stereocenters. The van der Waals surface area contributed by atoms with Crippen LogP contribution in [0.5, 0.6) is 0 Å². The molecule has 1 spiro atoms. The molecule has 7 nitrogen and oxygen atoms in total. The number of fused-ring (bicyclic) bond motifs is 1. The van der Waals surface area contributed by atoms with Gasteiger partial charge in [0.15, 0.2) is 0 Å². The van der Waals surface area contributed by atoms with Crippen LogP contribution in [0.2, 0.25) is 0 Å². The molecule has 2 fully saturated rings. The molecule has 1 saturated heterocycles. The minimum Gasteiger partial charge on any atom is -0.469 e. The van der Waals surface area contributed by atoms with Crippen LogP contribution in [0.1, 0.15) is 42.5 Å². The Balaban J connectivity index is 1.17. The van der Waals surface area contributed by atoms with Crippen LogP contribution < -0.4 is 10.6 Å². The number of carbonyl (C=O) groups excluding carboxylic acids is 2. The number of pyridine rings is 1. The Morgan fingerprint density at radius 1 is 1.38 bits per heavy atom. The Morgan fingerprint density at radius 3 is 2.93 bits per heavy atom. The van der Waals surface area contributed by atoms with Crippen LogP contribution in [0.15, 0.2) is 6.07 Å². The van der Waals surface area contributed by atoms with Crippen molar-refractivity contribution < 1.29 is 14.3 Å². The molecule has 7 heteroatoms. The molecule has 0 bridgehead atoms. The highest BCUT2D eigenvalue weighted by Gasteiger charge is 2.53. The monoisotopic (exact) mass is 400 g/mol. The van der Waals surface area contributed by atoms with Gasteiger partial charge in [-0.2, -0.15) is 0 Å². The van der Waals surface area contributed by atoms with E-state index < -0.39 is 0 Å². The van der Waals surface area contributed by atoms with Crippen molar-refractivity contribution >= 4 is 17.7 Å². The Labute approximate surface area is 172 Å². The van der Waals surface area contributed by atoms with Crippen LogP contribution in [0, 0.1) is 18.3 Å². The van der Waals surface area contributed by atoms with Gasteiger partial charge in [-0.05, 0) is 55.6 Å². The fraction of sp³-hybridized carbons (Fsp3) is 0.682. The summed E-state index contributed by atoms with van der Waals surface area (Å²) in [4.78, 5) is 30.6. The molecule has 0 radical (unpaired) electrons. The molecule has 2 aliphatic heterocycles. The normalized spacial score (nSPS) is 20.2. The number of nitrogens with zero attached hydrogens (tertiary/aromatic N) is 2. The average molecular weight is 401 g/mol. The number of carbonyl (C=O) groups is 2. The van der Waals surface area contributed by atoms with Crippen molar-refractivity contribution in [1.29, 1.82) is 0 Å². The van der Waals surface area contributed by atoms with Crippen molar-refractivity contribution in [1.82, 2.24) is 15.2 Å². The average Bonchev–Trinajstić information content (AvgIpc) is 2.65. The highest BCUT2D eigenvalue weighted by molar-refractivity contribution is 5.80. The number of likely N-dealkylation sites (tertiary alicyclic amines) is 1. The summed E-state index contributed by atoms with van der Waals surface area (Å²) in [6.45, 7) is 6.75. The van der Waals surface area contributed by atoms with Gasteiger partial charge in [-0.1, -0.05) is 6.07 Å². The summed E-state index contributed by atoms with van der Waals surface area (Å²) in [5, 5.41) is 6.26. The van der Waals surface area contributed by atoms with E-state index in [9.17, 15) is 9.59 Å². The summed E-state index contributed by atoms with van der Waals surface area (Å²) < 4.78 is 4.59. The predicted molar refractivity (Wildman–Crippen MR) is 111 cm³/mol. The quantitative estimate of drug-likeness (QED) is 0.678. The third-order valence-corrected chi connectivity index (χ3v) is 6.71. The largest absolute Gasteiger partial charge is 0.469 e. The molecular formula is C22H32N4O3. The Morgan fingerprint density at radius 2 is 2.17 bits per heavy atom. The zero-order chi connectivity index (χ0) is 20.4. The molecule has 29 heavy (non-hydrogen) atoms. The lowest BCUT2D eigenvalue weighted by Crippen LogP contribution is -2.64. The molecular weight excluding hydrogens is 368 g/mol. The predicted octanol–water partition coefficient (Wildman–Crippen LogP) is 1.68. The van der Waals surface area contributed by atoms with Crippen molar-refractivity contribution in [3.63, 3.8) is 0 Å². The molecule has 1 aromatic rings. The maximum atomic E-state index is 12.2. The van der Waals surface area contributed by atoms with Crippen molar-refractivity contribution in [2.24, 2.45) is 11.3 Å². The standard InChI is InChI=1S/C22H32N4O3/c1-15-16(10-17-4-3-7-23-20(17)25-15)6-9-26-13-22(14-26)11-18(12-22)21(28)24-8-5-19(27)29-2/h10,18H,3-9,11-14H2,1-2H3,(H,23,25)(H,24,28). The van der Waals surface area contributed by atoms with E-state index >= 15 is 0 Å². The van der Waals surface area contributed by atoms with Gasteiger partial charge in [-0.25, -0.2) is 4.98 Å². The Bertz CT molecular complexity index is 781. The number of hydrogen-bond acceptors (Lipinski definition) is 6. The first-order valence-electron chi connectivity index (χ1n) is 10.8. The molecule has 1 saturated carbocycles. The fourth-order valence-electron chi connectivity index (χ4n) is 5.08. The minimum atomic E-state index is -0.286. The summed E-state index contributed by atoms with van der Waals surface area (Å²) in [6.07, 6.45) is 5.53. The van der Waals surface area contributed by atoms with Gasteiger partial charge in [0.2, 0.25) is 5.91 Å². The number of methoxy groups -OCH3 is 1. The number of aromatic nitrogens is 1. The first-order valence-corrected chi connectivity index (χ1v) is 10.8. The summed E-state index contributed by atoms with van der Waals surface area (Å²) in [6, 6.07) is 2.34. The first-order chi connectivity index (χ1) is 14.0. The Hall–Kier alpha value is -2.15. The number of ether oxygens (including phenoxy) is 1. The zero-order valence-corrected chi connectivity index (χ0v) is 17.6. The van der Waals surface area contributed by atoms with Crippen molar-refractivity contribution in [2.45, 2.75) is 45.4 Å². The van der Waals surface area contributed by atoms with Gasteiger partial charge in [0, 0.05) is 44.3 Å². The first kappa shape index (κ1) is 20.1. The van der Waals surface area contributed by atoms with Crippen LogP contribution in [-0.4, -0.2) is 61.6 Å². The summed E-state index contributed by atoms with van der Waals surface area (Å²) >= 11 is 0. The molecule has 1 aromatic heterocycles. The van der Waals surface area contributed by atoms with E-state index in [2.05, 4.69) is 33.3 Å².